The lowest BCUT2D eigenvalue weighted by Gasteiger charge is -2.44. The van der Waals surface area contributed by atoms with Gasteiger partial charge in [0, 0.05) is 11.7 Å². The number of hydrogen-bond donors (Lipinski definition) is 1. The molecule has 0 unspecified atom stereocenters. The fraction of sp³-hybridized carbons (Fsp3) is 0.278. The first-order valence-electron chi connectivity index (χ1n) is 7.51. The topological polar surface area (TPSA) is 32.3 Å². The zero-order valence-corrected chi connectivity index (χ0v) is 14.4. The number of amides is 1. The number of carbonyl (C=O) groups excluding carboxylic acids is 1. The quantitative estimate of drug-likeness (QED) is 0.474. The molecule has 2 saturated heterocycles. The van der Waals surface area contributed by atoms with E-state index in [4.69, 9.17) is 0 Å². The van der Waals surface area contributed by atoms with E-state index in [0.29, 0.717) is 3.92 Å². The second kappa shape index (κ2) is 5.35. The number of hydrogen-bond acceptors (Lipinski definition) is 2. The number of nitrogens with zero attached hydrogens (tertiary/aromatic N) is 1. The van der Waals surface area contributed by atoms with Crippen molar-refractivity contribution in [3.63, 3.8) is 0 Å². The highest BCUT2D eigenvalue weighted by Crippen LogP contribution is 2.43. The van der Waals surface area contributed by atoms with Crippen LogP contribution in [0.25, 0.3) is 0 Å². The molecule has 4 rings (SSSR count). The molecule has 2 fully saturated rings. The summed E-state index contributed by atoms with van der Waals surface area (Å²) in [7, 11) is 0. The van der Waals surface area contributed by atoms with Gasteiger partial charge in [-0.1, -0.05) is 70.6 Å². The Labute approximate surface area is 143 Å². The lowest BCUT2D eigenvalue weighted by molar-refractivity contribution is -0.125. The van der Waals surface area contributed by atoms with Crippen LogP contribution in [0.15, 0.2) is 54.6 Å². The molecule has 3 nitrogen and oxygen atoms in total. The van der Waals surface area contributed by atoms with Gasteiger partial charge in [-0.2, -0.15) is 0 Å². The number of rotatable bonds is 2. The standard InChI is InChI=1S/C18H17IN2O/c1-11-7-9-13(10-8-11)21-17-14(19)15(20-16(17)18(21)22)12-5-3-2-4-6-12/h2-10,14-17,20H,1H3/t14-,15-,16-,17+/m1/s1. The normalized spacial score (nSPS) is 30.1. The van der Waals surface area contributed by atoms with Gasteiger partial charge >= 0.3 is 0 Å². The summed E-state index contributed by atoms with van der Waals surface area (Å²) in [5, 5.41) is 3.52. The van der Waals surface area contributed by atoms with E-state index in [9.17, 15) is 4.79 Å². The maximum Gasteiger partial charge on any atom is 0.246 e. The summed E-state index contributed by atoms with van der Waals surface area (Å²) in [5.74, 6) is 0.189. The van der Waals surface area contributed by atoms with Gasteiger partial charge in [-0.05, 0) is 24.6 Å². The fourth-order valence-corrected chi connectivity index (χ4v) is 4.79. The number of halogens is 1. The monoisotopic (exact) mass is 404 g/mol. The summed E-state index contributed by atoms with van der Waals surface area (Å²) in [4.78, 5) is 14.5. The van der Waals surface area contributed by atoms with E-state index in [-0.39, 0.29) is 24.0 Å². The first kappa shape index (κ1) is 14.2. The Balaban J connectivity index is 1.62. The summed E-state index contributed by atoms with van der Waals surface area (Å²) < 4.78 is 0.365. The third-order valence-electron chi connectivity index (χ3n) is 4.62. The predicted octanol–water partition coefficient (Wildman–Crippen LogP) is 3.23. The average Bonchev–Trinajstić information content (AvgIpc) is 2.84. The van der Waals surface area contributed by atoms with Crippen molar-refractivity contribution in [2.24, 2.45) is 0 Å². The van der Waals surface area contributed by atoms with Crippen LogP contribution in [0.3, 0.4) is 0 Å². The number of aryl methyl sites for hydroxylation is 1. The molecule has 2 aliphatic rings. The van der Waals surface area contributed by atoms with Crippen molar-refractivity contribution < 1.29 is 4.79 Å². The van der Waals surface area contributed by atoms with Crippen LogP contribution >= 0.6 is 22.6 Å². The SMILES string of the molecule is Cc1ccc(N2C(=O)[C@@H]3N[C@H](c4ccccc4)[C@@H](I)[C@@H]32)cc1. The molecule has 0 aromatic heterocycles. The summed E-state index contributed by atoms with van der Waals surface area (Å²) in [6.07, 6.45) is 0. The zero-order chi connectivity index (χ0) is 15.3. The van der Waals surface area contributed by atoms with Crippen molar-refractivity contribution in [3.8, 4) is 0 Å². The van der Waals surface area contributed by atoms with Crippen molar-refractivity contribution in [3.05, 3.63) is 65.7 Å². The average molecular weight is 404 g/mol. The molecule has 4 atom stereocenters. The molecule has 2 heterocycles. The molecule has 2 aromatic carbocycles. The minimum absolute atomic E-state index is 0.0478. The van der Waals surface area contributed by atoms with Gasteiger partial charge in [-0.3, -0.25) is 10.1 Å². The van der Waals surface area contributed by atoms with Gasteiger partial charge in [-0.15, -0.1) is 0 Å². The van der Waals surface area contributed by atoms with Crippen LogP contribution in [-0.2, 0) is 4.79 Å². The summed E-state index contributed by atoms with van der Waals surface area (Å²) in [6.45, 7) is 2.06. The number of fused-ring (bicyclic) bond motifs is 1. The van der Waals surface area contributed by atoms with Crippen LogP contribution in [0.5, 0.6) is 0 Å². The summed E-state index contributed by atoms with van der Waals surface area (Å²) >= 11 is 2.49. The van der Waals surface area contributed by atoms with Crippen molar-refractivity contribution in [2.75, 3.05) is 4.90 Å². The Morgan fingerprint density at radius 3 is 2.36 bits per heavy atom. The number of anilines is 1. The molecule has 0 spiro atoms. The Morgan fingerprint density at radius 2 is 1.68 bits per heavy atom. The second-order valence-corrected chi connectivity index (χ2v) is 7.45. The van der Waals surface area contributed by atoms with Crippen molar-refractivity contribution in [1.82, 2.24) is 5.32 Å². The van der Waals surface area contributed by atoms with Gasteiger partial charge in [-0.25, -0.2) is 0 Å². The van der Waals surface area contributed by atoms with Crippen LogP contribution in [-0.4, -0.2) is 21.9 Å². The van der Waals surface area contributed by atoms with E-state index in [0.717, 1.165) is 5.69 Å². The molecule has 4 heteroatoms. The highest BCUT2D eigenvalue weighted by molar-refractivity contribution is 14.1. The third kappa shape index (κ3) is 2.08. The van der Waals surface area contributed by atoms with Crippen molar-refractivity contribution in [2.45, 2.75) is 29.0 Å². The van der Waals surface area contributed by atoms with Gasteiger partial charge in [0.05, 0.1) is 9.97 Å². The molecule has 0 saturated carbocycles. The van der Waals surface area contributed by atoms with Crippen LogP contribution in [0.1, 0.15) is 17.2 Å². The van der Waals surface area contributed by atoms with Gasteiger partial charge in [0.1, 0.15) is 6.04 Å². The molecule has 1 amide bonds. The van der Waals surface area contributed by atoms with Gasteiger partial charge in [0.2, 0.25) is 5.91 Å². The number of carbonyl (C=O) groups is 1. The molecular formula is C18H17IN2O. The number of alkyl halides is 1. The molecule has 0 aliphatic carbocycles. The number of β-lactam (4-membered cyclic amide) rings is 1. The fourth-order valence-electron chi connectivity index (χ4n) is 3.43. The highest BCUT2D eigenvalue weighted by Gasteiger charge is 2.58. The van der Waals surface area contributed by atoms with Crippen molar-refractivity contribution in [1.29, 1.82) is 0 Å². The number of benzene rings is 2. The van der Waals surface area contributed by atoms with Crippen LogP contribution in [0, 0.1) is 6.92 Å². The molecular weight excluding hydrogens is 387 g/mol. The van der Waals surface area contributed by atoms with E-state index in [1.165, 1.54) is 11.1 Å². The Morgan fingerprint density at radius 1 is 1.00 bits per heavy atom. The number of nitrogens with one attached hydrogen (secondary N) is 1. The molecule has 0 radical (unpaired) electrons. The summed E-state index contributed by atoms with van der Waals surface area (Å²) in [5.41, 5.74) is 3.48. The lowest BCUT2D eigenvalue weighted by Crippen LogP contribution is -2.67. The molecule has 1 N–H and O–H groups in total. The Kier molecular flexibility index (Phi) is 3.46. The minimum atomic E-state index is -0.0478. The predicted molar refractivity (Wildman–Crippen MR) is 96.4 cm³/mol. The van der Waals surface area contributed by atoms with Gasteiger partial charge in [0.15, 0.2) is 0 Å². The Bertz CT molecular complexity index is 701. The van der Waals surface area contributed by atoms with E-state index in [1.54, 1.807) is 0 Å². The minimum Gasteiger partial charge on any atom is -0.305 e. The molecule has 22 heavy (non-hydrogen) atoms. The second-order valence-electron chi connectivity index (χ2n) is 6.01. The van der Waals surface area contributed by atoms with E-state index < -0.39 is 0 Å². The van der Waals surface area contributed by atoms with Gasteiger partial charge in [0.25, 0.3) is 0 Å². The van der Waals surface area contributed by atoms with E-state index in [1.807, 2.05) is 23.1 Å². The first-order chi connectivity index (χ1) is 10.7. The van der Waals surface area contributed by atoms with E-state index in [2.05, 4.69) is 71.2 Å². The zero-order valence-electron chi connectivity index (χ0n) is 12.2. The van der Waals surface area contributed by atoms with Gasteiger partial charge < -0.3 is 4.90 Å². The highest BCUT2D eigenvalue weighted by atomic mass is 127. The maximum atomic E-state index is 12.5. The molecule has 2 aromatic rings. The summed E-state index contributed by atoms with van der Waals surface area (Å²) in [6, 6.07) is 19.0. The lowest BCUT2D eigenvalue weighted by atomic mass is 9.93. The first-order valence-corrected chi connectivity index (χ1v) is 8.76. The van der Waals surface area contributed by atoms with E-state index >= 15 is 0 Å². The molecule has 2 aliphatic heterocycles. The largest absolute Gasteiger partial charge is 0.305 e. The maximum absolute atomic E-state index is 12.5. The Hall–Kier alpha value is -1.40. The third-order valence-corrected chi connectivity index (χ3v) is 6.07. The van der Waals surface area contributed by atoms with Crippen LogP contribution < -0.4 is 10.2 Å². The molecule has 0 bridgehead atoms. The van der Waals surface area contributed by atoms with Crippen LogP contribution in [0.2, 0.25) is 0 Å². The smallest absolute Gasteiger partial charge is 0.246 e. The molecule has 112 valence electrons. The van der Waals surface area contributed by atoms with Crippen LogP contribution in [0.4, 0.5) is 5.69 Å². The van der Waals surface area contributed by atoms with Crippen molar-refractivity contribution >= 4 is 34.2 Å².